The Morgan fingerprint density at radius 3 is 2.80 bits per heavy atom. The van der Waals surface area contributed by atoms with Gasteiger partial charge in [0.25, 0.3) is 5.91 Å². The Labute approximate surface area is 122 Å². The molecule has 20 heavy (non-hydrogen) atoms. The van der Waals surface area contributed by atoms with Crippen molar-refractivity contribution >= 4 is 23.5 Å². The summed E-state index contributed by atoms with van der Waals surface area (Å²) < 4.78 is 5.29. The minimum absolute atomic E-state index is 0.0866. The Morgan fingerprint density at radius 1 is 1.45 bits per heavy atom. The van der Waals surface area contributed by atoms with Gasteiger partial charge in [-0.05, 0) is 24.6 Å². The Hall–Kier alpha value is -1.75. The van der Waals surface area contributed by atoms with Gasteiger partial charge in [-0.25, -0.2) is 0 Å². The molecule has 0 aliphatic rings. The largest absolute Gasteiger partial charge is 0.484 e. The van der Waals surface area contributed by atoms with Crippen LogP contribution in [-0.4, -0.2) is 29.6 Å². The van der Waals surface area contributed by atoms with Crippen molar-refractivity contribution in [2.45, 2.75) is 32.2 Å². The van der Waals surface area contributed by atoms with Crippen molar-refractivity contribution in [2.24, 2.45) is 0 Å². The van der Waals surface area contributed by atoms with Crippen LogP contribution in [0, 0.1) is 0 Å². The molecule has 0 aromatic heterocycles. The molecule has 0 heterocycles. The number of benzene rings is 1. The van der Waals surface area contributed by atoms with Gasteiger partial charge in [0.2, 0.25) is 0 Å². The van der Waals surface area contributed by atoms with E-state index in [9.17, 15) is 9.59 Å². The van der Waals surface area contributed by atoms with Crippen LogP contribution < -0.4 is 10.1 Å². The minimum atomic E-state index is -0.931. The van der Waals surface area contributed by atoms with Gasteiger partial charge in [0.1, 0.15) is 5.75 Å². The van der Waals surface area contributed by atoms with Crippen LogP contribution in [0.1, 0.15) is 26.2 Å². The molecule has 6 heteroatoms. The molecule has 1 amide bonds. The molecule has 1 unspecified atom stereocenters. The zero-order valence-corrected chi connectivity index (χ0v) is 12.0. The number of hydrogen-bond donors (Lipinski definition) is 2. The molecule has 110 valence electrons. The fraction of sp³-hybridized carbons (Fsp3) is 0.429. The Kier molecular flexibility index (Phi) is 6.87. The Bertz CT molecular complexity index is 464. The summed E-state index contributed by atoms with van der Waals surface area (Å²) in [5.74, 6) is -0.776. The van der Waals surface area contributed by atoms with Crippen molar-refractivity contribution < 1.29 is 19.4 Å². The van der Waals surface area contributed by atoms with Crippen molar-refractivity contribution in [3.63, 3.8) is 0 Å². The third-order valence-electron chi connectivity index (χ3n) is 2.59. The van der Waals surface area contributed by atoms with E-state index in [1.807, 2.05) is 6.92 Å². The molecular formula is C14H18ClNO4. The molecule has 0 aliphatic heterocycles. The van der Waals surface area contributed by atoms with Crippen molar-refractivity contribution in [1.82, 2.24) is 5.32 Å². The number of nitrogens with one attached hydrogen (secondary N) is 1. The van der Waals surface area contributed by atoms with E-state index >= 15 is 0 Å². The van der Waals surface area contributed by atoms with Crippen LogP contribution in [0.3, 0.4) is 0 Å². The van der Waals surface area contributed by atoms with Crippen LogP contribution in [0.15, 0.2) is 24.3 Å². The van der Waals surface area contributed by atoms with Crippen LogP contribution in [0.5, 0.6) is 5.75 Å². The number of rotatable bonds is 8. The number of carboxylic acids is 1. The molecule has 0 fully saturated rings. The Balaban J connectivity index is 2.43. The first-order chi connectivity index (χ1) is 9.51. The van der Waals surface area contributed by atoms with Crippen LogP contribution in [0.2, 0.25) is 5.02 Å². The van der Waals surface area contributed by atoms with E-state index in [4.69, 9.17) is 21.4 Å². The van der Waals surface area contributed by atoms with Crippen molar-refractivity contribution in [1.29, 1.82) is 0 Å². The minimum Gasteiger partial charge on any atom is -0.484 e. The molecule has 5 nitrogen and oxygen atoms in total. The number of carbonyl (C=O) groups is 2. The first-order valence-corrected chi connectivity index (χ1v) is 6.78. The van der Waals surface area contributed by atoms with E-state index in [1.165, 1.54) is 0 Å². The number of ether oxygens (including phenoxy) is 1. The highest BCUT2D eigenvalue weighted by atomic mass is 35.5. The number of carbonyl (C=O) groups excluding carboxylic acids is 1. The van der Waals surface area contributed by atoms with E-state index in [0.29, 0.717) is 17.2 Å². The molecule has 1 aromatic carbocycles. The molecular weight excluding hydrogens is 282 g/mol. The highest BCUT2D eigenvalue weighted by Gasteiger charge is 2.15. The predicted octanol–water partition coefficient (Wildman–Crippen LogP) is 2.48. The third kappa shape index (κ3) is 6.43. The SMILES string of the molecule is CCCC(CC(=O)O)NC(=O)COc1cccc(Cl)c1. The van der Waals surface area contributed by atoms with E-state index < -0.39 is 5.97 Å². The average molecular weight is 300 g/mol. The molecule has 0 aliphatic carbocycles. The van der Waals surface area contributed by atoms with E-state index in [0.717, 1.165) is 6.42 Å². The summed E-state index contributed by atoms with van der Waals surface area (Å²) in [5.41, 5.74) is 0. The van der Waals surface area contributed by atoms with E-state index in [2.05, 4.69) is 5.32 Å². The van der Waals surface area contributed by atoms with E-state index in [1.54, 1.807) is 24.3 Å². The molecule has 1 aromatic rings. The quantitative estimate of drug-likeness (QED) is 0.773. The summed E-state index contributed by atoms with van der Waals surface area (Å²) in [6.07, 6.45) is 1.33. The van der Waals surface area contributed by atoms with Crippen LogP contribution >= 0.6 is 11.6 Å². The fourth-order valence-corrected chi connectivity index (χ4v) is 1.94. The van der Waals surface area contributed by atoms with Gasteiger partial charge in [0.15, 0.2) is 6.61 Å². The lowest BCUT2D eigenvalue weighted by molar-refractivity contribution is -0.137. The maximum absolute atomic E-state index is 11.7. The first-order valence-electron chi connectivity index (χ1n) is 6.40. The Morgan fingerprint density at radius 2 is 2.20 bits per heavy atom. The zero-order valence-electron chi connectivity index (χ0n) is 11.3. The van der Waals surface area contributed by atoms with Gasteiger partial charge in [-0.2, -0.15) is 0 Å². The summed E-state index contributed by atoms with van der Waals surface area (Å²) in [7, 11) is 0. The van der Waals surface area contributed by atoms with Gasteiger partial charge in [-0.15, -0.1) is 0 Å². The summed E-state index contributed by atoms with van der Waals surface area (Å²) in [4.78, 5) is 22.4. The molecule has 2 N–H and O–H groups in total. The molecule has 0 spiro atoms. The fourth-order valence-electron chi connectivity index (χ4n) is 1.76. The summed E-state index contributed by atoms with van der Waals surface area (Å²) >= 11 is 5.80. The summed E-state index contributed by atoms with van der Waals surface area (Å²) in [5, 5.41) is 11.9. The number of aliphatic carboxylic acids is 1. The molecule has 0 bridgehead atoms. The van der Waals surface area contributed by atoms with Gasteiger partial charge in [-0.3, -0.25) is 9.59 Å². The highest BCUT2D eigenvalue weighted by Crippen LogP contribution is 2.16. The number of hydrogen-bond acceptors (Lipinski definition) is 3. The summed E-state index contributed by atoms with van der Waals surface area (Å²) in [6.45, 7) is 1.77. The molecule has 0 radical (unpaired) electrons. The maximum Gasteiger partial charge on any atom is 0.305 e. The molecule has 0 saturated carbocycles. The monoisotopic (exact) mass is 299 g/mol. The number of amides is 1. The molecule has 1 atom stereocenters. The lowest BCUT2D eigenvalue weighted by Gasteiger charge is -2.16. The lowest BCUT2D eigenvalue weighted by Crippen LogP contribution is -2.39. The second kappa shape index (κ2) is 8.43. The lowest BCUT2D eigenvalue weighted by atomic mass is 10.1. The van der Waals surface area contributed by atoms with E-state index in [-0.39, 0.29) is 25.0 Å². The smallest absolute Gasteiger partial charge is 0.305 e. The van der Waals surface area contributed by atoms with Gasteiger partial charge in [-0.1, -0.05) is 31.0 Å². The normalized spacial score (nSPS) is 11.7. The van der Waals surface area contributed by atoms with Gasteiger partial charge in [0, 0.05) is 11.1 Å². The summed E-state index contributed by atoms with van der Waals surface area (Å²) in [6, 6.07) is 6.36. The van der Waals surface area contributed by atoms with Crippen molar-refractivity contribution in [2.75, 3.05) is 6.61 Å². The highest BCUT2D eigenvalue weighted by molar-refractivity contribution is 6.30. The standard InChI is InChI=1S/C14H18ClNO4/c1-2-4-11(8-14(18)19)16-13(17)9-20-12-6-3-5-10(15)7-12/h3,5-7,11H,2,4,8-9H2,1H3,(H,16,17)(H,18,19). The number of halogens is 1. The molecule has 1 rings (SSSR count). The third-order valence-corrected chi connectivity index (χ3v) is 2.82. The van der Waals surface area contributed by atoms with Crippen molar-refractivity contribution in [3.05, 3.63) is 29.3 Å². The van der Waals surface area contributed by atoms with Crippen LogP contribution in [0.4, 0.5) is 0 Å². The van der Waals surface area contributed by atoms with Crippen LogP contribution in [-0.2, 0) is 9.59 Å². The second-order valence-corrected chi connectivity index (χ2v) is 4.83. The topological polar surface area (TPSA) is 75.6 Å². The predicted molar refractivity (Wildman–Crippen MR) is 76.0 cm³/mol. The van der Waals surface area contributed by atoms with Gasteiger partial charge >= 0.3 is 5.97 Å². The first kappa shape index (κ1) is 16.3. The van der Waals surface area contributed by atoms with Crippen molar-refractivity contribution in [3.8, 4) is 5.75 Å². The van der Waals surface area contributed by atoms with Gasteiger partial charge in [0.05, 0.1) is 6.42 Å². The maximum atomic E-state index is 11.7. The van der Waals surface area contributed by atoms with Gasteiger partial charge < -0.3 is 15.2 Å². The second-order valence-electron chi connectivity index (χ2n) is 4.40. The number of carboxylic acid groups (broad SMARTS) is 1. The molecule has 0 saturated heterocycles. The van der Waals surface area contributed by atoms with Crippen LogP contribution in [0.25, 0.3) is 0 Å². The average Bonchev–Trinajstić information content (AvgIpc) is 2.36. The zero-order chi connectivity index (χ0) is 15.0.